The van der Waals surface area contributed by atoms with E-state index in [1.165, 1.54) is 0 Å². The Morgan fingerprint density at radius 1 is 1.00 bits per heavy atom. The van der Waals surface area contributed by atoms with Crippen LogP contribution in [0.25, 0.3) is 5.95 Å². The van der Waals surface area contributed by atoms with Crippen LogP contribution in [0.5, 0.6) is 0 Å². The third kappa shape index (κ3) is 1.88. The Bertz CT molecular complexity index is 434. The first-order valence-corrected chi connectivity index (χ1v) is 5.21. The lowest BCUT2D eigenvalue weighted by molar-refractivity contribution is 0.775. The zero-order valence-corrected chi connectivity index (χ0v) is 9.01. The van der Waals surface area contributed by atoms with Gasteiger partial charge in [0.05, 0.1) is 11.4 Å². The molecule has 0 amide bonds. The third-order valence-corrected chi connectivity index (χ3v) is 2.33. The summed E-state index contributed by atoms with van der Waals surface area (Å²) in [4.78, 5) is 4.49. The minimum atomic E-state index is 0.647. The predicted octanol–water partition coefficient (Wildman–Crippen LogP) is 1.79. The molecule has 0 spiro atoms. The molecular weight excluding hydrogens is 188 g/mol. The van der Waals surface area contributed by atoms with Crippen molar-refractivity contribution in [2.75, 3.05) is 0 Å². The molecule has 0 saturated carbocycles. The number of nitrogens with zero attached hydrogens (tertiary/aromatic N) is 4. The average Bonchev–Trinajstić information content (AvgIpc) is 2.81. The van der Waals surface area contributed by atoms with Crippen LogP contribution in [0.15, 0.2) is 24.5 Å². The summed E-state index contributed by atoms with van der Waals surface area (Å²) in [7, 11) is 0. The lowest BCUT2D eigenvalue weighted by Gasteiger charge is -2.05. The Balaban J connectivity index is 2.43. The van der Waals surface area contributed by atoms with Gasteiger partial charge in [-0.2, -0.15) is 0 Å². The summed E-state index contributed by atoms with van der Waals surface area (Å²) in [5, 5.41) is 8.29. The highest BCUT2D eigenvalue weighted by atomic mass is 15.3. The molecule has 0 aliphatic carbocycles. The summed E-state index contributed by atoms with van der Waals surface area (Å²) in [5.41, 5.74) is 2.03. The van der Waals surface area contributed by atoms with Gasteiger partial charge in [0.2, 0.25) is 0 Å². The lowest BCUT2D eigenvalue weighted by atomic mass is 10.2. The maximum Gasteiger partial charge on any atom is 0.253 e. The molecule has 0 N–H and O–H groups in total. The van der Waals surface area contributed by atoms with Crippen molar-refractivity contribution in [3.8, 4) is 5.95 Å². The zero-order chi connectivity index (χ0) is 10.7. The van der Waals surface area contributed by atoms with E-state index in [4.69, 9.17) is 0 Å². The maximum atomic E-state index is 4.49. The van der Waals surface area contributed by atoms with Crippen molar-refractivity contribution in [1.29, 1.82) is 0 Å². The van der Waals surface area contributed by atoms with Gasteiger partial charge in [-0.1, -0.05) is 13.8 Å². The molecule has 0 saturated heterocycles. The van der Waals surface area contributed by atoms with Crippen LogP contribution in [0.1, 0.15) is 25.2 Å². The van der Waals surface area contributed by atoms with Gasteiger partial charge in [0.25, 0.3) is 5.95 Å². The second-order valence-electron chi connectivity index (χ2n) is 3.30. The van der Waals surface area contributed by atoms with Gasteiger partial charge in [-0.05, 0) is 25.0 Å². The van der Waals surface area contributed by atoms with Crippen LogP contribution in [0.4, 0.5) is 0 Å². The van der Waals surface area contributed by atoms with E-state index in [1.807, 2.05) is 29.1 Å². The van der Waals surface area contributed by atoms with E-state index in [0.717, 1.165) is 24.2 Å². The Morgan fingerprint density at radius 2 is 1.67 bits per heavy atom. The molecular formula is C11H14N4. The molecule has 0 aliphatic heterocycles. The van der Waals surface area contributed by atoms with Crippen LogP contribution in [-0.2, 0) is 12.8 Å². The smallest absolute Gasteiger partial charge is 0.253 e. The molecule has 0 unspecified atom stereocenters. The number of aryl methyl sites for hydroxylation is 2. The van der Waals surface area contributed by atoms with Crippen molar-refractivity contribution in [1.82, 2.24) is 19.7 Å². The van der Waals surface area contributed by atoms with E-state index in [-0.39, 0.29) is 0 Å². The topological polar surface area (TPSA) is 43.6 Å². The molecule has 2 aromatic rings. The summed E-state index contributed by atoms with van der Waals surface area (Å²) >= 11 is 0. The van der Waals surface area contributed by atoms with Crippen molar-refractivity contribution in [2.24, 2.45) is 0 Å². The van der Waals surface area contributed by atoms with Gasteiger partial charge >= 0.3 is 0 Å². The van der Waals surface area contributed by atoms with Crippen molar-refractivity contribution < 1.29 is 0 Å². The minimum Gasteiger partial charge on any atom is -0.291 e. The summed E-state index contributed by atoms with van der Waals surface area (Å²) < 4.78 is 1.87. The molecule has 2 rings (SSSR count). The van der Waals surface area contributed by atoms with Crippen LogP contribution in [-0.4, -0.2) is 19.7 Å². The van der Waals surface area contributed by atoms with Crippen molar-refractivity contribution in [3.05, 3.63) is 35.9 Å². The molecule has 0 bridgehead atoms. The van der Waals surface area contributed by atoms with Gasteiger partial charge < -0.3 is 0 Å². The molecule has 15 heavy (non-hydrogen) atoms. The Hall–Kier alpha value is -1.71. The summed E-state index contributed by atoms with van der Waals surface area (Å²) in [6.07, 6.45) is 5.62. The van der Waals surface area contributed by atoms with E-state index in [2.05, 4.69) is 29.0 Å². The summed E-state index contributed by atoms with van der Waals surface area (Å²) in [6, 6.07) is 3.89. The van der Waals surface area contributed by atoms with Gasteiger partial charge in [-0.25, -0.2) is 4.98 Å². The fraction of sp³-hybridized carbons (Fsp3) is 0.364. The van der Waals surface area contributed by atoms with E-state index < -0.39 is 0 Å². The SMILES string of the molecule is CCc1nnc(-n2cccc2)nc1CC. The standard InChI is InChI=1S/C11H14N4/c1-3-9-10(4-2)13-14-11(12-9)15-7-5-6-8-15/h5-8H,3-4H2,1-2H3. The summed E-state index contributed by atoms with van der Waals surface area (Å²) in [6.45, 7) is 4.16. The fourth-order valence-electron chi connectivity index (χ4n) is 1.51. The first-order valence-electron chi connectivity index (χ1n) is 5.21. The summed E-state index contributed by atoms with van der Waals surface area (Å²) in [5.74, 6) is 0.647. The van der Waals surface area contributed by atoms with E-state index in [0.29, 0.717) is 5.95 Å². The van der Waals surface area contributed by atoms with Crippen molar-refractivity contribution in [3.63, 3.8) is 0 Å². The van der Waals surface area contributed by atoms with E-state index in [1.54, 1.807) is 0 Å². The molecule has 2 aromatic heterocycles. The molecule has 2 heterocycles. The number of hydrogen-bond donors (Lipinski definition) is 0. The Labute approximate surface area is 89.0 Å². The lowest BCUT2D eigenvalue weighted by Crippen LogP contribution is -2.07. The number of hydrogen-bond acceptors (Lipinski definition) is 3. The minimum absolute atomic E-state index is 0.647. The van der Waals surface area contributed by atoms with E-state index in [9.17, 15) is 0 Å². The van der Waals surface area contributed by atoms with Crippen LogP contribution >= 0.6 is 0 Å². The fourth-order valence-corrected chi connectivity index (χ4v) is 1.51. The molecule has 4 heteroatoms. The maximum absolute atomic E-state index is 4.49. The first kappa shape index (κ1) is 9.83. The van der Waals surface area contributed by atoms with Crippen molar-refractivity contribution in [2.45, 2.75) is 26.7 Å². The largest absolute Gasteiger partial charge is 0.291 e. The molecule has 0 aromatic carbocycles. The predicted molar refractivity (Wildman–Crippen MR) is 57.9 cm³/mol. The normalized spacial score (nSPS) is 10.5. The average molecular weight is 202 g/mol. The molecule has 0 radical (unpaired) electrons. The van der Waals surface area contributed by atoms with Gasteiger partial charge in [0.1, 0.15) is 0 Å². The van der Waals surface area contributed by atoms with Gasteiger partial charge in [0, 0.05) is 12.4 Å². The monoisotopic (exact) mass is 202 g/mol. The molecule has 78 valence electrons. The highest BCUT2D eigenvalue weighted by Gasteiger charge is 2.06. The zero-order valence-electron chi connectivity index (χ0n) is 9.01. The third-order valence-electron chi connectivity index (χ3n) is 2.33. The van der Waals surface area contributed by atoms with Crippen LogP contribution < -0.4 is 0 Å². The Morgan fingerprint density at radius 3 is 2.27 bits per heavy atom. The molecule has 4 nitrogen and oxygen atoms in total. The highest BCUT2D eigenvalue weighted by Crippen LogP contribution is 2.07. The molecule has 0 atom stereocenters. The quantitative estimate of drug-likeness (QED) is 0.762. The number of aromatic nitrogens is 4. The van der Waals surface area contributed by atoms with Gasteiger partial charge in [-0.3, -0.25) is 4.57 Å². The highest BCUT2D eigenvalue weighted by molar-refractivity contribution is 5.18. The second-order valence-corrected chi connectivity index (χ2v) is 3.30. The molecule has 0 fully saturated rings. The van der Waals surface area contributed by atoms with E-state index >= 15 is 0 Å². The van der Waals surface area contributed by atoms with Gasteiger partial charge in [-0.15, -0.1) is 10.2 Å². The Kier molecular flexibility index (Phi) is 2.76. The number of rotatable bonds is 3. The first-order chi connectivity index (χ1) is 7.35. The van der Waals surface area contributed by atoms with Crippen LogP contribution in [0.2, 0.25) is 0 Å². The second kappa shape index (κ2) is 4.21. The van der Waals surface area contributed by atoms with Crippen molar-refractivity contribution >= 4 is 0 Å². The molecule has 0 aliphatic rings. The van der Waals surface area contributed by atoms with Crippen LogP contribution in [0, 0.1) is 0 Å². The van der Waals surface area contributed by atoms with Crippen LogP contribution in [0.3, 0.4) is 0 Å². The van der Waals surface area contributed by atoms with Gasteiger partial charge in [0.15, 0.2) is 0 Å².